The Bertz CT molecular complexity index is 660. The van der Waals surface area contributed by atoms with Gasteiger partial charge in [0.25, 0.3) is 0 Å². The van der Waals surface area contributed by atoms with Gasteiger partial charge in [-0.1, -0.05) is 24.3 Å². The maximum atomic E-state index is 9.24. The van der Waals surface area contributed by atoms with Crippen molar-refractivity contribution in [2.75, 3.05) is 24.6 Å². The number of nitrogens with zero attached hydrogens (tertiary/aromatic N) is 2. The van der Waals surface area contributed by atoms with Gasteiger partial charge in [0.15, 0.2) is 0 Å². The number of rotatable bonds is 1. The zero-order valence-electron chi connectivity index (χ0n) is 11.7. The molecule has 2 aromatic rings. The van der Waals surface area contributed by atoms with Crippen LogP contribution in [0.1, 0.15) is 18.9 Å². The van der Waals surface area contributed by atoms with Crippen LogP contribution in [0.25, 0.3) is 10.8 Å². The highest BCUT2D eigenvalue weighted by atomic mass is 16.5. The largest absolute Gasteiger partial charge is 0.377 e. The molecule has 1 heterocycles. The second-order valence-electron chi connectivity index (χ2n) is 5.27. The van der Waals surface area contributed by atoms with Crippen LogP contribution in [0.2, 0.25) is 0 Å². The molecule has 0 aliphatic carbocycles. The minimum atomic E-state index is 0.243. The van der Waals surface area contributed by atoms with Crippen LogP contribution in [-0.4, -0.2) is 25.8 Å². The van der Waals surface area contributed by atoms with Crippen LogP contribution in [0.4, 0.5) is 5.69 Å². The summed E-state index contributed by atoms with van der Waals surface area (Å²) in [5, 5.41) is 11.4. The Labute approximate surface area is 119 Å². The third-order valence-corrected chi connectivity index (χ3v) is 3.81. The van der Waals surface area contributed by atoms with Gasteiger partial charge < -0.3 is 9.64 Å². The topological polar surface area (TPSA) is 36.3 Å². The fraction of sp³-hybridized carbons (Fsp3) is 0.353. The molecule has 3 rings (SSSR count). The molecule has 1 aliphatic rings. The number of benzene rings is 2. The zero-order chi connectivity index (χ0) is 13.9. The van der Waals surface area contributed by atoms with E-state index in [-0.39, 0.29) is 6.10 Å². The molecule has 1 fully saturated rings. The van der Waals surface area contributed by atoms with Crippen molar-refractivity contribution in [3.05, 3.63) is 42.0 Å². The van der Waals surface area contributed by atoms with Crippen molar-refractivity contribution in [1.29, 1.82) is 5.26 Å². The fourth-order valence-electron chi connectivity index (χ4n) is 2.87. The summed E-state index contributed by atoms with van der Waals surface area (Å²) in [6.07, 6.45) is 1.28. The van der Waals surface area contributed by atoms with Gasteiger partial charge in [-0.2, -0.15) is 5.26 Å². The Morgan fingerprint density at radius 1 is 1.20 bits per heavy atom. The van der Waals surface area contributed by atoms with Crippen molar-refractivity contribution >= 4 is 16.5 Å². The highest BCUT2D eigenvalue weighted by molar-refractivity contribution is 5.97. The summed E-state index contributed by atoms with van der Waals surface area (Å²) in [5.41, 5.74) is 1.94. The molecular formula is C17H18N2O. The van der Waals surface area contributed by atoms with Crippen molar-refractivity contribution in [2.24, 2.45) is 0 Å². The van der Waals surface area contributed by atoms with Crippen molar-refractivity contribution in [1.82, 2.24) is 0 Å². The van der Waals surface area contributed by atoms with E-state index in [4.69, 9.17) is 4.74 Å². The lowest BCUT2D eigenvalue weighted by atomic mass is 10.0. The van der Waals surface area contributed by atoms with Crippen molar-refractivity contribution in [3.63, 3.8) is 0 Å². The summed E-state index contributed by atoms with van der Waals surface area (Å²) in [7, 11) is 0. The van der Waals surface area contributed by atoms with Crippen LogP contribution >= 0.6 is 0 Å². The van der Waals surface area contributed by atoms with Crippen molar-refractivity contribution < 1.29 is 4.74 Å². The number of hydrogen-bond acceptors (Lipinski definition) is 3. The Morgan fingerprint density at radius 2 is 2.00 bits per heavy atom. The quantitative estimate of drug-likeness (QED) is 0.794. The zero-order valence-corrected chi connectivity index (χ0v) is 11.7. The molecule has 3 nitrogen and oxygen atoms in total. The lowest BCUT2D eigenvalue weighted by Crippen LogP contribution is -2.30. The Kier molecular flexibility index (Phi) is 3.58. The monoisotopic (exact) mass is 266 g/mol. The standard InChI is InChI=1S/C17H18N2O/c1-13-12-19(9-4-10-20-13)17-8-7-14(11-18)15-5-2-3-6-16(15)17/h2-3,5-8,13H,4,9-10,12H2,1H3. The van der Waals surface area contributed by atoms with E-state index in [9.17, 15) is 5.26 Å². The molecule has 3 heteroatoms. The number of ether oxygens (including phenoxy) is 1. The molecule has 0 spiro atoms. The number of fused-ring (bicyclic) bond motifs is 1. The summed E-state index contributed by atoms with van der Waals surface area (Å²) < 4.78 is 5.72. The van der Waals surface area contributed by atoms with E-state index in [0.717, 1.165) is 42.5 Å². The summed E-state index contributed by atoms with van der Waals surface area (Å²) in [6.45, 7) is 4.84. The second-order valence-corrected chi connectivity index (χ2v) is 5.27. The molecule has 2 aromatic carbocycles. The first-order chi connectivity index (χ1) is 9.79. The Morgan fingerprint density at radius 3 is 2.80 bits per heavy atom. The van der Waals surface area contributed by atoms with Crippen LogP contribution in [-0.2, 0) is 4.74 Å². The van der Waals surface area contributed by atoms with Gasteiger partial charge in [-0.15, -0.1) is 0 Å². The van der Waals surface area contributed by atoms with Crippen molar-refractivity contribution in [3.8, 4) is 6.07 Å². The van der Waals surface area contributed by atoms with Crippen LogP contribution in [0, 0.1) is 11.3 Å². The first-order valence-corrected chi connectivity index (χ1v) is 7.08. The molecule has 1 aliphatic heterocycles. The molecular weight excluding hydrogens is 248 g/mol. The molecule has 1 saturated heterocycles. The Hall–Kier alpha value is -2.05. The maximum Gasteiger partial charge on any atom is 0.0998 e. The molecule has 0 amide bonds. The Balaban J connectivity index is 2.10. The smallest absolute Gasteiger partial charge is 0.0998 e. The first-order valence-electron chi connectivity index (χ1n) is 7.08. The SMILES string of the molecule is CC1CN(c2ccc(C#N)c3ccccc23)CCCO1. The molecule has 0 radical (unpaired) electrons. The van der Waals surface area contributed by atoms with Gasteiger partial charge in [-0.25, -0.2) is 0 Å². The highest BCUT2D eigenvalue weighted by Gasteiger charge is 2.17. The van der Waals surface area contributed by atoms with E-state index < -0.39 is 0 Å². The van der Waals surface area contributed by atoms with Crippen LogP contribution in [0.3, 0.4) is 0 Å². The maximum absolute atomic E-state index is 9.24. The average Bonchev–Trinajstić information content (AvgIpc) is 2.70. The summed E-state index contributed by atoms with van der Waals surface area (Å²) in [4.78, 5) is 2.38. The van der Waals surface area contributed by atoms with Crippen LogP contribution in [0.5, 0.6) is 0 Å². The molecule has 0 saturated carbocycles. The van der Waals surface area contributed by atoms with Gasteiger partial charge in [0, 0.05) is 36.2 Å². The van der Waals surface area contributed by atoms with E-state index in [1.165, 1.54) is 5.69 Å². The fourth-order valence-corrected chi connectivity index (χ4v) is 2.87. The third-order valence-electron chi connectivity index (χ3n) is 3.81. The van der Waals surface area contributed by atoms with E-state index >= 15 is 0 Å². The van der Waals surface area contributed by atoms with Gasteiger partial charge in [0.1, 0.15) is 0 Å². The van der Waals surface area contributed by atoms with Gasteiger partial charge >= 0.3 is 0 Å². The summed E-state index contributed by atoms with van der Waals surface area (Å²) >= 11 is 0. The van der Waals surface area contributed by atoms with Crippen LogP contribution < -0.4 is 4.90 Å². The summed E-state index contributed by atoms with van der Waals surface area (Å²) in [5.74, 6) is 0. The van der Waals surface area contributed by atoms with Gasteiger partial charge in [-0.05, 0) is 25.5 Å². The van der Waals surface area contributed by atoms with E-state index in [1.54, 1.807) is 0 Å². The predicted octanol–water partition coefficient (Wildman–Crippen LogP) is 3.33. The first kappa shape index (κ1) is 13.0. The third kappa shape index (κ3) is 2.35. The minimum Gasteiger partial charge on any atom is -0.377 e. The average molecular weight is 266 g/mol. The minimum absolute atomic E-state index is 0.243. The van der Waals surface area contributed by atoms with E-state index in [2.05, 4.69) is 30.0 Å². The van der Waals surface area contributed by atoms with Crippen molar-refractivity contribution in [2.45, 2.75) is 19.4 Å². The lowest BCUT2D eigenvalue weighted by molar-refractivity contribution is 0.0821. The second kappa shape index (κ2) is 5.52. The molecule has 0 bridgehead atoms. The van der Waals surface area contributed by atoms with E-state index in [0.29, 0.717) is 0 Å². The number of hydrogen-bond donors (Lipinski definition) is 0. The van der Waals surface area contributed by atoms with Gasteiger partial charge in [0.05, 0.1) is 17.7 Å². The summed E-state index contributed by atoms with van der Waals surface area (Å²) in [6, 6.07) is 14.4. The molecule has 1 atom stereocenters. The number of anilines is 1. The van der Waals surface area contributed by atoms with Gasteiger partial charge in [-0.3, -0.25) is 0 Å². The predicted molar refractivity (Wildman–Crippen MR) is 80.9 cm³/mol. The number of nitriles is 1. The molecule has 1 unspecified atom stereocenters. The highest BCUT2D eigenvalue weighted by Crippen LogP contribution is 2.30. The normalized spacial score (nSPS) is 19.6. The van der Waals surface area contributed by atoms with E-state index in [1.807, 2.05) is 24.3 Å². The van der Waals surface area contributed by atoms with Crippen LogP contribution in [0.15, 0.2) is 36.4 Å². The molecule has 102 valence electrons. The lowest BCUT2D eigenvalue weighted by Gasteiger charge is -2.26. The van der Waals surface area contributed by atoms with Gasteiger partial charge in [0.2, 0.25) is 0 Å². The molecule has 0 N–H and O–H groups in total. The molecule has 20 heavy (non-hydrogen) atoms. The molecule has 0 aromatic heterocycles.